The number of carbonyl (C=O) groups excluding carboxylic acids is 1. The Hall–Kier alpha value is -2.18. The summed E-state index contributed by atoms with van der Waals surface area (Å²) in [4.78, 5) is 11.6. The number of rotatable bonds is 5. The van der Waals surface area contributed by atoms with Gasteiger partial charge in [0.25, 0.3) is 0 Å². The summed E-state index contributed by atoms with van der Waals surface area (Å²) in [5, 5.41) is 0. The Morgan fingerprint density at radius 3 is 2.39 bits per heavy atom. The summed E-state index contributed by atoms with van der Waals surface area (Å²) in [5.74, 6) is 0.0583. The molecule has 2 aromatic carbocycles. The number of hydrogen-bond donors (Lipinski definition) is 0. The number of benzene rings is 2. The van der Waals surface area contributed by atoms with Crippen molar-refractivity contribution in [3.63, 3.8) is 0 Å². The van der Waals surface area contributed by atoms with E-state index in [9.17, 15) is 17.8 Å². The number of esters is 1. The van der Waals surface area contributed by atoms with E-state index >= 15 is 0 Å². The van der Waals surface area contributed by atoms with Gasteiger partial charge >= 0.3 is 5.97 Å². The molecule has 0 aliphatic carbocycles. The van der Waals surface area contributed by atoms with Crippen LogP contribution in [-0.2, 0) is 10.1 Å². The SMILES string of the molecule is CCC(C)c1ccc(OC(=O)c2cccc(S(=O)(=O)[O-])c2)cc1. The number of hydrogen-bond acceptors (Lipinski definition) is 5. The Balaban J connectivity index is 2.16. The maximum absolute atomic E-state index is 12.0. The van der Waals surface area contributed by atoms with Crippen molar-refractivity contribution >= 4 is 16.1 Å². The van der Waals surface area contributed by atoms with Crippen LogP contribution in [0.1, 0.15) is 42.1 Å². The van der Waals surface area contributed by atoms with E-state index in [2.05, 4.69) is 13.8 Å². The van der Waals surface area contributed by atoms with E-state index in [0.29, 0.717) is 11.7 Å². The molecule has 2 rings (SSSR count). The quantitative estimate of drug-likeness (QED) is 0.476. The topological polar surface area (TPSA) is 83.5 Å². The zero-order chi connectivity index (χ0) is 17.0. The minimum atomic E-state index is -4.61. The van der Waals surface area contributed by atoms with Crippen LogP contribution in [0.2, 0.25) is 0 Å². The van der Waals surface area contributed by atoms with Crippen LogP contribution in [0.4, 0.5) is 0 Å². The van der Waals surface area contributed by atoms with Crippen LogP contribution in [0.5, 0.6) is 5.75 Å². The molecule has 1 unspecified atom stereocenters. The van der Waals surface area contributed by atoms with Gasteiger partial charge in [-0.2, -0.15) is 0 Å². The molecule has 0 fully saturated rings. The first kappa shape index (κ1) is 17.2. The fourth-order valence-electron chi connectivity index (χ4n) is 2.04. The highest BCUT2D eigenvalue weighted by molar-refractivity contribution is 7.85. The van der Waals surface area contributed by atoms with Crippen molar-refractivity contribution in [3.05, 3.63) is 59.7 Å². The summed E-state index contributed by atoms with van der Waals surface area (Å²) in [6, 6.07) is 12.0. The second kappa shape index (κ2) is 6.93. The zero-order valence-electron chi connectivity index (χ0n) is 12.9. The maximum Gasteiger partial charge on any atom is 0.343 e. The van der Waals surface area contributed by atoms with Gasteiger partial charge in [0.2, 0.25) is 0 Å². The van der Waals surface area contributed by atoms with Crippen molar-refractivity contribution in [1.29, 1.82) is 0 Å². The lowest BCUT2D eigenvalue weighted by atomic mass is 9.99. The van der Waals surface area contributed by atoms with Crippen LogP contribution in [0.15, 0.2) is 53.4 Å². The molecule has 5 nitrogen and oxygen atoms in total. The third-order valence-corrected chi connectivity index (χ3v) is 4.46. The lowest BCUT2D eigenvalue weighted by Gasteiger charge is -2.11. The molecule has 23 heavy (non-hydrogen) atoms. The lowest BCUT2D eigenvalue weighted by molar-refractivity contribution is 0.0734. The molecule has 2 aromatic rings. The molecule has 1 atom stereocenters. The first-order valence-corrected chi connectivity index (χ1v) is 8.60. The monoisotopic (exact) mass is 333 g/mol. The molecule has 0 heterocycles. The average molecular weight is 333 g/mol. The fraction of sp³-hybridized carbons (Fsp3) is 0.235. The largest absolute Gasteiger partial charge is 0.744 e. The summed E-state index contributed by atoms with van der Waals surface area (Å²) in [6.07, 6.45) is 1.01. The van der Waals surface area contributed by atoms with Crippen LogP contribution < -0.4 is 4.74 Å². The first-order chi connectivity index (χ1) is 10.8. The minimum Gasteiger partial charge on any atom is -0.744 e. The van der Waals surface area contributed by atoms with Crippen LogP contribution in [0, 0.1) is 0 Å². The van der Waals surface area contributed by atoms with E-state index in [1.165, 1.54) is 12.1 Å². The summed E-state index contributed by atoms with van der Waals surface area (Å²) in [6.45, 7) is 4.20. The van der Waals surface area contributed by atoms with E-state index in [1.54, 1.807) is 12.1 Å². The van der Waals surface area contributed by atoms with Crippen molar-refractivity contribution in [2.24, 2.45) is 0 Å². The Kier molecular flexibility index (Phi) is 5.18. The second-order valence-electron chi connectivity index (χ2n) is 5.25. The maximum atomic E-state index is 12.0. The molecule has 0 spiro atoms. The third-order valence-electron chi connectivity index (χ3n) is 3.63. The molecular weight excluding hydrogens is 316 g/mol. The smallest absolute Gasteiger partial charge is 0.343 e. The molecule has 122 valence electrons. The highest BCUT2D eigenvalue weighted by Crippen LogP contribution is 2.22. The molecule has 0 aliphatic heterocycles. The summed E-state index contributed by atoms with van der Waals surface area (Å²) >= 11 is 0. The van der Waals surface area contributed by atoms with Gasteiger partial charge in [0.05, 0.1) is 10.5 Å². The standard InChI is InChI=1S/C17H18O5S/c1-3-12(2)13-7-9-15(10-8-13)22-17(18)14-5-4-6-16(11-14)23(19,20)21/h4-12H,3H2,1-2H3,(H,19,20,21)/p-1. The molecule has 0 bridgehead atoms. The first-order valence-electron chi connectivity index (χ1n) is 7.19. The Labute approximate surface area is 135 Å². The highest BCUT2D eigenvalue weighted by atomic mass is 32.2. The molecule has 0 radical (unpaired) electrons. The lowest BCUT2D eigenvalue weighted by Crippen LogP contribution is -2.10. The predicted molar refractivity (Wildman–Crippen MR) is 84.5 cm³/mol. The number of carbonyl (C=O) groups is 1. The van der Waals surface area contributed by atoms with Gasteiger partial charge in [-0.3, -0.25) is 0 Å². The van der Waals surface area contributed by atoms with Gasteiger partial charge in [-0.1, -0.05) is 32.0 Å². The predicted octanol–water partition coefficient (Wildman–Crippen LogP) is 3.32. The van der Waals surface area contributed by atoms with Crippen molar-refractivity contribution in [1.82, 2.24) is 0 Å². The van der Waals surface area contributed by atoms with E-state index in [1.807, 2.05) is 12.1 Å². The van der Waals surface area contributed by atoms with Gasteiger partial charge in [0, 0.05) is 0 Å². The van der Waals surface area contributed by atoms with Crippen LogP contribution >= 0.6 is 0 Å². The average Bonchev–Trinajstić information content (AvgIpc) is 2.54. The Morgan fingerprint density at radius 1 is 1.17 bits per heavy atom. The van der Waals surface area contributed by atoms with Gasteiger partial charge in [-0.15, -0.1) is 0 Å². The molecular formula is C17H17O5S-. The number of ether oxygens (including phenoxy) is 1. The Morgan fingerprint density at radius 2 is 1.83 bits per heavy atom. The van der Waals surface area contributed by atoms with Crippen molar-refractivity contribution < 1.29 is 22.5 Å². The molecule has 0 saturated heterocycles. The normalized spacial score (nSPS) is 12.7. The van der Waals surface area contributed by atoms with Crippen molar-refractivity contribution in [2.75, 3.05) is 0 Å². The van der Waals surface area contributed by atoms with E-state index in [4.69, 9.17) is 4.74 Å². The minimum absolute atomic E-state index is 0.00734. The molecule has 0 saturated carbocycles. The van der Waals surface area contributed by atoms with Crippen LogP contribution in [0.3, 0.4) is 0 Å². The molecule has 0 aromatic heterocycles. The van der Waals surface area contributed by atoms with Gasteiger partial charge in [0.15, 0.2) is 0 Å². The molecule has 0 aliphatic rings. The van der Waals surface area contributed by atoms with E-state index in [-0.39, 0.29) is 5.56 Å². The van der Waals surface area contributed by atoms with Gasteiger partial charge in [-0.05, 0) is 48.2 Å². The van der Waals surface area contributed by atoms with Gasteiger partial charge < -0.3 is 9.29 Å². The van der Waals surface area contributed by atoms with E-state index < -0.39 is 21.0 Å². The summed E-state index contributed by atoms with van der Waals surface area (Å²) in [5.41, 5.74) is 1.15. The zero-order valence-corrected chi connectivity index (χ0v) is 13.7. The third kappa shape index (κ3) is 4.40. The summed E-state index contributed by atoms with van der Waals surface area (Å²) in [7, 11) is -4.61. The second-order valence-corrected chi connectivity index (χ2v) is 6.63. The fourth-order valence-corrected chi connectivity index (χ4v) is 2.56. The van der Waals surface area contributed by atoms with Crippen molar-refractivity contribution in [3.8, 4) is 5.75 Å². The van der Waals surface area contributed by atoms with Gasteiger partial charge in [0.1, 0.15) is 15.9 Å². The van der Waals surface area contributed by atoms with Gasteiger partial charge in [-0.25, -0.2) is 13.2 Å². The van der Waals surface area contributed by atoms with E-state index in [0.717, 1.165) is 24.1 Å². The Bertz CT molecular complexity index is 794. The van der Waals surface area contributed by atoms with Crippen LogP contribution in [-0.4, -0.2) is 18.9 Å². The summed E-state index contributed by atoms with van der Waals surface area (Å²) < 4.78 is 38.2. The van der Waals surface area contributed by atoms with Crippen molar-refractivity contribution in [2.45, 2.75) is 31.1 Å². The molecule has 0 N–H and O–H groups in total. The highest BCUT2D eigenvalue weighted by Gasteiger charge is 2.12. The van der Waals surface area contributed by atoms with Crippen LogP contribution in [0.25, 0.3) is 0 Å². The molecule has 6 heteroatoms. The molecule has 0 amide bonds.